The molecule has 0 spiro atoms. The Morgan fingerprint density at radius 3 is 2.65 bits per heavy atom. The van der Waals surface area contributed by atoms with Gasteiger partial charge in [0, 0.05) is 30.7 Å². The van der Waals surface area contributed by atoms with E-state index in [9.17, 15) is 4.79 Å². The molecular weight excluding hydrogens is 328 g/mol. The van der Waals surface area contributed by atoms with E-state index in [1.807, 2.05) is 18.2 Å². The number of nitrogens with zero attached hydrogens (tertiary/aromatic N) is 1. The molecule has 1 aliphatic heterocycles. The number of carbonyl (C=O) groups excluding carboxylic acids is 1. The summed E-state index contributed by atoms with van der Waals surface area (Å²) in [6.45, 7) is 2.73. The molecular formula is C21H22N2O3. The van der Waals surface area contributed by atoms with E-state index in [0.29, 0.717) is 17.9 Å². The molecule has 1 aromatic heterocycles. The van der Waals surface area contributed by atoms with Crippen molar-refractivity contribution in [2.45, 2.75) is 19.4 Å². The summed E-state index contributed by atoms with van der Waals surface area (Å²) in [5.74, 6) is 0.684. The minimum absolute atomic E-state index is 0.230. The molecule has 0 bridgehead atoms. The van der Waals surface area contributed by atoms with Gasteiger partial charge in [-0.2, -0.15) is 0 Å². The quantitative estimate of drug-likeness (QED) is 0.756. The van der Waals surface area contributed by atoms with Crippen LogP contribution in [0.3, 0.4) is 0 Å². The molecule has 1 saturated heterocycles. The van der Waals surface area contributed by atoms with E-state index in [2.05, 4.69) is 34.5 Å². The van der Waals surface area contributed by atoms with Gasteiger partial charge in [0.2, 0.25) is 0 Å². The molecule has 2 aromatic carbocycles. The maximum Gasteiger partial charge on any atom is 0.287 e. The zero-order valence-corrected chi connectivity index (χ0v) is 14.8. The van der Waals surface area contributed by atoms with Crippen molar-refractivity contribution < 1.29 is 13.9 Å². The van der Waals surface area contributed by atoms with Gasteiger partial charge in [0.25, 0.3) is 5.91 Å². The summed E-state index contributed by atoms with van der Waals surface area (Å²) in [5, 5.41) is 3.77. The van der Waals surface area contributed by atoms with Gasteiger partial charge in [0.05, 0.1) is 7.11 Å². The van der Waals surface area contributed by atoms with Crippen LogP contribution in [0.1, 0.15) is 29.0 Å². The van der Waals surface area contributed by atoms with Crippen molar-refractivity contribution >= 4 is 22.6 Å². The number of ether oxygens (including phenoxy) is 1. The van der Waals surface area contributed by atoms with Crippen molar-refractivity contribution in [1.82, 2.24) is 5.32 Å². The molecule has 2 heterocycles. The lowest BCUT2D eigenvalue weighted by Gasteiger charge is -2.17. The molecule has 1 aliphatic rings. The molecule has 0 radical (unpaired) electrons. The summed E-state index contributed by atoms with van der Waals surface area (Å²) >= 11 is 0. The van der Waals surface area contributed by atoms with Gasteiger partial charge in [-0.1, -0.05) is 24.3 Å². The van der Waals surface area contributed by atoms with E-state index < -0.39 is 0 Å². The van der Waals surface area contributed by atoms with Crippen molar-refractivity contribution in [2.24, 2.45) is 0 Å². The summed E-state index contributed by atoms with van der Waals surface area (Å²) < 4.78 is 11.0. The summed E-state index contributed by atoms with van der Waals surface area (Å²) in [4.78, 5) is 14.8. The highest BCUT2D eigenvalue weighted by Crippen LogP contribution is 2.28. The third kappa shape index (κ3) is 3.25. The molecule has 5 nitrogen and oxygen atoms in total. The van der Waals surface area contributed by atoms with E-state index >= 15 is 0 Å². The lowest BCUT2D eigenvalue weighted by atomic mass is 10.2. The van der Waals surface area contributed by atoms with Crippen LogP contribution in [-0.2, 0) is 6.54 Å². The van der Waals surface area contributed by atoms with Crippen LogP contribution in [-0.4, -0.2) is 26.1 Å². The predicted octanol–water partition coefficient (Wildman–Crippen LogP) is 3.97. The molecule has 3 aromatic rings. The Morgan fingerprint density at radius 2 is 1.92 bits per heavy atom. The lowest BCUT2D eigenvalue weighted by Crippen LogP contribution is -2.22. The summed E-state index contributed by atoms with van der Waals surface area (Å²) in [6, 6.07) is 15.7. The van der Waals surface area contributed by atoms with Crippen LogP contribution >= 0.6 is 0 Å². The molecule has 5 heteroatoms. The monoisotopic (exact) mass is 350 g/mol. The minimum atomic E-state index is -0.230. The fourth-order valence-corrected chi connectivity index (χ4v) is 3.38. The number of methoxy groups -OCH3 is 1. The molecule has 1 fully saturated rings. The Kier molecular flexibility index (Phi) is 4.52. The van der Waals surface area contributed by atoms with E-state index in [0.717, 1.165) is 24.0 Å². The number of hydrogen-bond donors (Lipinski definition) is 1. The number of carbonyl (C=O) groups is 1. The van der Waals surface area contributed by atoms with Crippen molar-refractivity contribution in [3.63, 3.8) is 0 Å². The van der Waals surface area contributed by atoms with E-state index in [4.69, 9.17) is 9.15 Å². The van der Waals surface area contributed by atoms with Gasteiger partial charge in [-0.3, -0.25) is 4.79 Å². The van der Waals surface area contributed by atoms with Crippen LogP contribution in [0.25, 0.3) is 11.0 Å². The summed E-state index contributed by atoms with van der Waals surface area (Å²) in [7, 11) is 1.59. The third-order valence-electron chi connectivity index (χ3n) is 4.81. The Morgan fingerprint density at radius 1 is 1.15 bits per heavy atom. The van der Waals surface area contributed by atoms with Gasteiger partial charge in [-0.25, -0.2) is 0 Å². The third-order valence-corrected chi connectivity index (χ3v) is 4.81. The Bertz CT molecular complexity index is 909. The summed E-state index contributed by atoms with van der Waals surface area (Å²) in [5.41, 5.74) is 2.91. The maximum atomic E-state index is 12.4. The molecule has 4 rings (SSSR count). The Balaban J connectivity index is 1.42. The number of benzene rings is 2. The fraction of sp³-hybridized carbons (Fsp3) is 0.286. The van der Waals surface area contributed by atoms with Crippen molar-refractivity contribution in [3.8, 4) is 5.75 Å². The van der Waals surface area contributed by atoms with Gasteiger partial charge < -0.3 is 19.4 Å². The second-order valence-electron chi connectivity index (χ2n) is 6.53. The first-order valence-corrected chi connectivity index (χ1v) is 8.93. The van der Waals surface area contributed by atoms with Crippen LogP contribution in [0.2, 0.25) is 0 Å². The zero-order valence-electron chi connectivity index (χ0n) is 14.8. The van der Waals surface area contributed by atoms with Gasteiger partial charge >= 0.3 is 0 Å². The van der Waals surface area contributed by atoms with Crippen LogP contribution in [0.15, 0.2) is 52.9 Å². The maximum absolute atomic E-state index is 12.4. The largest absolute Gasteiger partial charge is 0.493 e. The molecule has 0 aliphatic carbocycles. The first kappa shape index (κ1) is 16.5. The fourth-order valence-electron chi connectivity index (χ4n) is 3.38. The van der Waals surface area contributed by atoms with Gasteiger partial charge in [-0.05, 0) is 42.7 Å². The molecule has 0 saturated carbocycles. The highest BCUT2D eigenvalue weighted by molar-refractivity contribution is 5.97. The highest BCUT2D eigenvalue weighted by Gasteiger charge is 2.15. The SMILES string of the molecule is COc1cccc2cc(C(=O)NCc3ccc(N4CCCC4)cc3)oc12. The number of furan rings is 1. The smallest absolute Gasteiger partial charge is 0.287 e. The van der Waals surface area contributed by atoms with Crippen molar-refractivity contribution in [3.05, 3.63) is 59.9 Å². The van der Waals surface area contributed by atoms with Crippen molar-refractivity contribution in [1.29, 1.82) is 0 Å². The van der Waals surface area contributed by atoms with E-state index in [1.165, 1.54) is 18.5 Å². The highest BCUT2D eigenvalue weighted by atomic mass is 16.5. The second-order valence-corrected chi connectivity index (χ2v) is 6.53. The van der Waals surface area contributed by atoms with Crippen LogP contribution in [0.4, 0.5) is 5.69 Å². The number of anilines is 1. The normalized spacial score (nSPS) is 14.0. The predicted molar refractivity (Wildman–Crippen MR) is 102 cm³/mol. The molecule has 134 valence electrons. The minimum Gasteiger partial charge on any atom is -0.493 e. The second kappa shape index (κ2) is 7.12. The average molecular weight is 350 g/mol. The number of rotatable bonds is 5. The van der Waals surface area contributed by atoms with E-state index in [1.54, 1.807) is 13.2 Å². The Hall–Kier alpha value is -2.95. The number of hydrogen-bond acceptors (Lipinski definition) is 4. The number of para-hydroxylation sites is 1. The Labute approximate surface area is 152 Å². The molecule has 26 heavy (non-hydrogen) atoms. The average Bonchev–Trinajstić information content (AvgIpc) is 3.35. The number of nitrogens with one attached hydrogen (secondary N) is 1. The lowest BCUT2D eigenvalue weighted by molar-refractivity contribution is 0.0925. The van der Waals surface area contributed by atoms with Crippen LogP contribution in [0.5, 0.6) is 5.75 Å². The first-order chi connectivity index (χ1) is 12.7. The molecule has 1 amide bonds. The van der Waals surface area contributed by atoms with Crippen LogP contribution < -0.4 is 15.0 Å². The van der Waals surface area contributed by atoms with Crippen molar-refractivity contribution in [2.75, 3.05) is 25.1 Å². The van der Waals surface area contributed by atoms with Crippen LogP contribution in [0, 0.1) is 0 Å². The topological polar surface area (TPSA) is 54.7 Å². The van der Waals surface area contributed by atoms with E-state index in [-0.39, 0.29) is 11.7 Å². The van der Waals surface area contributed by atoms with Gasteiger partial charge in [0.1, 0.15) is 0 Å². The molecule has 0 unspecified atom stereocenters. The number of fused-ring (bicyclic) bond motifs is 1. The first-order valence-electron chi connectivity index (χ1n) is 8.93. The standard InChI is InChI=1S/C21H22N2O3/c1-25-18-6-4-5-16-13-19(26-20(16)18)21(24)22-14-15-7-9-17(10-8-15)23-11-2-3-12-23/h4-10,13H,2-3,11-12,14H2,1H3,(H,22,24). The number of amides is 1. The molecule has 1 N–H and O–H groups in total. The summed E-state index contributed by atoms with van der Waals surface area (Å²) in [6.07, 6.45) is 2.53. The molecule has 0 atom stereocenters. The van der Waals surface area contributed by atoms with Gasteiger partial charge in [0.15, 0.2) is 17.1 Å². The van der Waals surface area contributed by atoms with Gasteiger partial charge in [-0.15, -0.1) is 0 Å². The zero-order chi connectivity index (χ0) is 17.9.